The molecule has 4 rings (SSSR count). The van der Waals surface area contributed by atoms with Gasteiger partial charge in [-0.15, -0.1) is 10.2 Å². The first-order valence-electron chi connectivity index (χ1n) is 10.5. The van der Waals surface area contributed by atoms with Crippen molar-refractivity contribution in [2.45, 2.75) is 19.6 Å². The molecule has 1 atom stereocenters. The number of morpholine rings is 1. The smallest absolute Gasteiger partial charge is 0.387 e. The zero-order valence-corrected chi connectivity index (χ0v) is 18.7. The molecule has 186 valence electrons. The van der Waals surface area contributed by atoms with Crippen LogP contribution in [0.2, 0.25) is 0 Å². The van der Waals surface area contributed by atoms with Gasteiger partial charge in [-0.3, -0.25) is 0 Å². The van der Waals surface area contributed by atoms with Gasteiger partial charge in [0.15, 0.2) is 23.1 Å². The summed E-state index contributed by atoms with van der Waals surface area (Å²) in [4.78, 5) is 22.4. The van der Waals surface area contributed by atoms with Crippen LogP contribution in [-0.2, 0) is 9.47 Å². The molecule has 0 bridgehead atoms. The van der Waals surface area contributed by atoms with Crippen molar-refractivity contribution in [2.75, 3.05) is 37.0 Å². The second kappa shape index (κ2) is 10.5. The molecule has 2 aromatic heterocycles. The molecule has 1 fully saturated rings. The average molecular weight is 492 g/mol. The topological polar surface area (TPSA) is 112 Å². The van der Waals surface area contributed by atoms with Crippen LogP contribution in [0.3, 0.4) is 0 Å². The van der Waals surface area contributed by atoms with Crippen LogP contribution in [0.4, 0.5) is 30.8 Å². The van der Waals surface area contributed by atoms with Crippen LogP contribution in [0.15, 0.2) is 36.5 Å². The van der Waals surface area contributed by atoms with Crippen molar-refractivity contribution in [1.82, 2.24) is 20.2 Å². The third kappa shape index (κ3) is 5.74. The number of hydrogen-bond acceptors (Lipinski definition) is 10. The minimum absolute atomic E-state index is 0. The summed E-state index contributed by atoms with van der Waals surface area (Å²) in [5, 5.41) is 10.6. The Morgan fingerprint density at radius 2 is 2.06 bits per heavy atom. The van der Waals surface area contributed by atoms with E-state index >= 15 is 0 Å². The van der Waals surface area contributed by atoms with E-state index in [0.29, 0.717) is 31.2 Å². The van der Waals surface area contributed by atoms with Crippen molar-refractivity contribution in [1.29, 1.82) is 0 Å². The number of carbonyl (C=O) groups is 1. The van der Waals surface area contributed by atoms with Crippen molar-refractivity contribution < 1.29 is 33.6 Å². The van der Waals surface area contributed by atoms with Gasteiger partial charge in [-0.05, 0) is 30.7 Å². The Morgan fingerprint density at radius 3 is 2.74 bits per heavy atom. The SMILES string of the molecule is COC(=O)c1nnc(Nc2nc(N3CCO[C@@H](C)C3)ncc2F)cc1-c1ccc(OC(F)F)cc1.[HH]. The Hall–Kier alpha value is -4.00. The van der Waals surface area contributed by atoms with E-state index in [1.165, 1.54) is 37.4 Å². The van der Waals surface area contributed by atoms with Gasteiger partial charge in [0.05, 0.1) is 26.0 Å². The first kappa shape index (κ1) is 24.1. The largest absolute Gasteiger partial charge is 0.464 e. The average Bonchev–Trinajstić information content (AvgIpc) is 2.85. The van der Waals surface area contributed by atoms with Crippen LogP contribution < -0.4 is 15.0 Å². The fourth-order valence-electron chi connectivity index (χ4n) is 3.46. The van der Waals surface area contributed by atoms with Crippen LogP contribution in [0.25, 0.3) is 11.1 Å². The fourth-order valence-corrected chi connectivity index (χ4v) is 3.46. The van der Waals surface area contributed by atoms with Gasteiger partial charge in [0, 0.05) is 20.1 Å². The normalized spacial score (nSPS) is 15.7. The number of anilines is 3. The highest BCUT2D eigenvalue weighted by molar-refractivity contribution is 5.95. The van der Waals surface area contributed by atoms with Crippen LogP contribution >= 0.6 is 0 Å². The van der Waals surface area contributed by atoms with Gasteiger partial charge in [-0.1, -0.05) is 12.1 Å². The molecular formula is C22H23F3N6O4. The molecule has 3 aromatic rings. The second-order valence-electron chi connectivity index (χ2n) is 7.51. The number of benzene rings is 1. The molecule has 1 N–H and O–H groups in total. The highest BCUT2D eigenvalue weighted by atomic mass is 19.3. The number of carbonyl (C=O) groups excluding carboxylic acids is 1. The van der Waals surface area contributed by atoms with Crippen molar-refractivity contribution >= 4 is 23.6 Å². The summed E-state index contributed by atoms with van der Waals surface area (Å²) >= 11 is 0. The van der Waals surface area contributed by atoms with Crippen LogP contribution in [-0.4, -0.2) is 65.7 Å². The molecule has 1 aromatic carbocycles. The van der Waals surface area contributed by atoms with Gasteiger partial charge in [0.25, 0.3) is 0 Å². The number of nitrogens with zero attached hydrogens (tertiary/aromatic N) is 5. The number of alkyl halides is 2. The minimum Gasteiger partial charge on any atom is -0.464 e. The summed E-state index contributed by atoms with van der Waals surface area (Å²) in [7, 11) is 1.18. The lowest BCUT2D eigenvalue weighted by molar-refractivity contribution is -0.0498. The van der Waals surface area contributed by atoms with Crippen molar-refractivity contribution in [3.63, 3.8) is 0 Å². The number of ether oxygens (including phenoxy) is 3. The Labute approximate surface area is 199 Å². The lowest BCUT2D eigenvalue weighted by Gasteiger charge is -2.31. The maximum Gasteiger partial charge on any atom is 0.387 e. The molecule has 10 nitrogen and oxygen atoms in total. The summed E-state index contributed by atoms with van der Waals surface area (Å²) in [5.74, 6) is -1.28. The second-order valence-corrected chi connectivity index (χ2v) is 7.51. The van der Waals surface area contributed by atoms with E-state index in [2.05, 4.69) is 30.2 Å². The summed E-state index contributed by atoms with van der Waals surface area (Å²) in [5.41, 5.74) is 0.595. The van der Waals surface area contributed by atoms with E-state index < -0.39 is 18.4 Å². The van der Waals surface area contributed by atoms with Crippen LogP contribution in [0, 0.1) is 5.82 Å². The summed E-state index contributed by atoms with van der Waals surface area (Å²) in [6, 6.07) is 7.01. The molecule has 0 radical (unpaired) electrons. The summed E-state index contributed by atoms with van der Waals surface area (Å²) in [6.07, 6.45) is 1.02. The van der Waals surface area contributed by atoms with Gasteiger partial charge in [-0.2, -0.15) is 13.8 Å². The number of nitrogens with one attached hydrogen (secondary N) is 1. The van der Waals surface area contributed by atoms with Crippen molar-refractivity contribution in [2.24, 2.45) is 0 Å². The summed E-state index contributed by atoms with van der Waals surface area (Å²) in [6.45, 7) is 0.543. The first-order valence-corrected chi connectivity index (χ1v) is 10.5. The third-order valence-corrected chi connectivity index (χ3v) is 5.06. The maximum atomic E-state index is 14.5. The molecule has 35 heavy (non-hydrogen) atoms. The molecule has 3 heterocycles. The zero-order chi connectivity index (χ0) is 24.9. The Balaban J connectivity index is 0.00000361. The van der Waals surface area contributed by atoms with Gasteiger partial charge < -0.3 is 24.4 Å². The molecule has 0 aliphatic carbocycles. The van der Waals surface area contributed by atoms with Crippen molar-refractivity contribution in [3.05, 3.63) is 48.0 Å². The van der Waals surface area contributed by atoms with E-state index in [4.69, 9.17) is 9.47 Å². The highest BCUT2D eigenvalue weighted by Crippen LogP contribution is 2.29. The van der Waals surface area contributed by atoms with E-state index in [1.54, 1.807) is 0 Å². The first-order chi connectivity index (χ1) is 16.8. The predicted molar refractivity (Wildman–Crippen MR) is 120 cm³/mol. The third-order valence-electron chi connectivity index (χ3n) is 5.06. The number of aromatic nitrogens is 4. The molecule has 13 heteroatoms. The van der Waals surface area contributed by atoms with E-state index in [-0.39, 0.29) is 36.2 Å². The predicted octanol–water partition coefficient (Wildman–Crippen LogP) is 3.68. The highest BCUT2D eigenvalue weighted by Gasteiger charge is 2.22. The summed E-state index contributed by atoms with van der Waals surface area (Å²) < 4.78 is 54.1. The molecule has 0 spiro atoms. The number of halogens is 3. The van der Waals surface area contributed by atoms with Gasteiger partial charge >= 0.3 is 12.6 Å². The van der Waals surface area contributed by atoms with E-state index in [0.717, 1.165) is 6.20 Å². The number of hydrogen-bond donors (Lipinski definition) is 1. The lowest BCUT2D eigenvalue weighted by Crippen LogP contribution is -2.42. The molecular weight excluding hydrogens is 469 g/mol. The maximum absolute atomic E-state index is 14.5. The van der Waals surface area contributed by atoms with Crippen LogP contribution in [0.5, 0.6) is 5.75 Å². The quantitative estimate of drug-likeness (QED) is 0.490. The fraction of sp³-hybridized carbons (Fsp3) is 0.318. The monoisotopic (exact) mass is 492 g/mol. The van der Waals surface area contributed by atoms with Gasteiger partial charge in [0.1, 0.15) is 5.75 Å². The zero-order valence-electron chi connectivity index (χ0n) is 18.7. The molecule has 0 saturated carbocycles. The molecule has 1 aliphatic rings. The molecule has 1 aliphatic heterocycles. The van der Waals surface area contributed by atoms with E-state index in [1.807, 2.05) is 11.8 Å². The van der Waals surface area contributed by atoms with E-state index in [9.17, 15) is 18.0 Å². The Morgan fingerprint density at radius 1 is 1.29 bits per heavy atom. The van der Waals surface area contributed by atoms with Crippen LogP contribution in [0.1, 0.15) is 18.8 Å². The minimum atomic E-state index is -2.97. The molecule has 0 unspecified atom stereocenters. The Bertz CT molecular complexity index is 1200. The standard InChI is InChI=1S/C22H21F3N6O4.H2/c1-12-11-31(7-8-34-12)22-26-10-16(23)19(28-22)27-17-9-15(18(30-29-17)20(32)33-2)13-3-5-14(6-4-13)35-21(24)25;/h3-6,9-10,12,21H,7-8,11H2,1-2H3,(H,26,27,28,29);1H/t12-;/m0./s1. The number of rotatable bonds is 7. The lowest BCUT2D eigenvalue weighted by atomic mass is 10.0. The van der Waals surface area contributed by atoms with Gasteiger partial charge in [-0.25, -0.2) is 14.2 Å². The Kier molecular flexibility index (Phi) is 7.25. The number of methoxy groups -OCH3 is 1. The number of esters is 1. The van der Waals surface area contributed by atoms with Gasteiger partial charge in [0.2, 0.25) is 5.95 Å². The van der Waals surface area contributed by atoms with Crippen molar-refractivity contribution in [3.8, 4) is 16.9 Å². The molecule has 1 saturated heterocycles. The molecule has 0 amide bonds.